The molecule has 0 radical (unpaired) electrons. The molecule has 0 spiro atoms. The monoisotopic (exact) mass is 179 g/mol. The first-order valence-corrected chi connectivity index (χ1v) is 3.65. The Morgan fingerprint density at radius 2 is 2.15 bits per heavy atom. The van der Waals surface area contributed by atoms with E-state index in [-0.39, 0.29) is 5.69 Å². The van der Waals surface area contributed by atoms with Crippen LogP contribution in [-0.4, -0.2) is 10.6 Å². The minimum absolute atomic E-state index is 0.0224. The average Bonchev–Trinajstić information content (AvgIpc) is 2.16. The van der Waals surface area contributed by atoms with Crippen LogP contribution in [0.4, 0.5) is 5.69 Å². The van der Waals surface area contributed by atoms with Crippen molar-refractivity contribution in [2.24, 2.45) is 10.9 Å². The third-order valence-electron chi connectivity index (χ3n) is 1.68. The van der Waals surface area contributed by atoms with Crippen LogP contribution in [0.1, 0.15) is 12.5 Å². The van der Waals surface area contributed by atoms with Gasteiger partial charge < -0.3 is 5.84 Å². The summed E-state index contributed by atoms with van der Waals surface area (Å²) in [6.45, 7) is 1.63. The summed E-state index contributed by atoms with van der Waals surface area (Å²) in [5.41, 5.74) is 0.927. The highest BCUT2D eigenvalue weighted by atomic mass is 16.6. The van der Waals surface area contributed by atoms with Gasteiger partial charge in [-0.05, 0) is 13.0 Å². The normalized spacial score (nSPS) is 11.3. The lowest BCUT2D eigenvalue weighted by Crippen LogP contribution is -2.03. The zero-order chi connectivity index (χ0) is 9.84. The molecule has 5 nitrogen and oxygen atoms in total. The number of rotatable bonds is 2. The number of nitrogens with zero attached hydrogens (tertiary/aromatic N) is 2. The molecular weight excluding hydrogens is 170 g/mol. The summed E-state index contributed by atoms with van der Waals surface area (Å²) in [5, 5.41) is 14.0. The molecule has 0 fully saturated rings. The van der Waals surface area contributed by atoms with E-state index < -0.39 is 4.92 Å². The summed E-state index contributed by atoms with van der Waals surface area (Å²) in [4.78, 5) is 10.1. The Kier molecular flexibility index (Phi) is 2.59. The molecule has 0 aliphatic rings. The minimum atomic E-state index is -0.454. The Balaban J connectivity index is 3.28. The van der Waals surface area contributed by atoms with Crippen LogP contribution in [0.25, 0.3) is 0 Å². The van der Waals surface area contributed by atoms with Crippen LogP contribution in [-0.2, 0) is 0 Å². The van der Waals surface area contributed by atoms with Crippen molar-refractivity contribution in [2.75, 3.05) is 0 Å². The van der Waals surface area contributed by atoms with Crippen LogP contribution < -0.4 is 5.84 Å². The summed E-state index contributed by atoms with van der Waals surface area (Å²) < 4.78 is 0. The molecule has 0 saturated heterocycles. The second-order valence-electron chi connectivity index (χ2n) is 2.49. The van der Waals surface area contributed by atoms with Crippen molar-refractivity contribution in [3.8, 4) is 0 Å². The van der Waals surface area contributed by atoms with Crippen LogP contribution in [0.2, 0.25) is 0 Å². The number of hydrazone groups is 1. The van der Waals surface area contributed by atoms with Gasteiger partial charge in [-0.3, -0.25) is 10.1 Å². The fourth-order valence-corrected chi connectivity index (χ4v) is 1.01. The average molecular weight is 179 g/mol. The quantitative estimate of drug-likeness (QED) is 0.321. The molecule has 5 heteroatoms. The first kappa shape index (κ1) is 9.18. The number of hydrogen-bond donors (Lipinski definition) is 1. The molecule has 0 aliphatic heterocycles. The van der Waals surface area contributed by atoms with E-state index in [4.69, 9.17) is 5.84 Å². The second-order valence-corrected chi connectivity index (χ2v) is 2.49. The summed E-state index contributed by atoms with van der Waals surface area (Å²) in [7, 11) is 0. The van der Waals surface area contributed by atoms with Crippen molar-refractivity contribution in [1.82, 2.24) is 0 Å². The number of nitro benzene ring substituents is 1. The molecule has 0 amide bonds. The van der Waals surface area contributed by atoms with Crippen LogP contribution >= 0.6 is 0 Å². The Bertz CT molecular complexity index is 360. The van der Waals surface area contributed by atoms with E-state index in [1.54, 1.807) is 25.1 Å². The molecule has 1 rings (SSSR count). The molecule has 2 N–H and O–H groups in total. The van der Waals surface area contributed by atoms with Gasteiger partial charge in [0.15, 0.2) is 0 Å². The fraction of sp³-hybridized carbons (Fsp3) is 0.125. The first-order valence-electron chi connectivity index (χ1n) is 3.65. The molecule has 0 bridgehead atoms. The van der Waals surface area contributed by atoms with Crippen LogP contribution in [0, 0.1) is 10.1 Å². The molecule has 0 aliphatic carbocycles. The SMILES string of the molecule is CC(=NN)c1ccccc1[N+](=O)[O-]. The van der Waals surface area contributed by atoms with Gasteiger partial charge in [0.1, 0.15) is 0 Å². The van der Waals surface area contributed by atoms with Gasteiger partial charge in [0.25, 0.3) is 5.69 Å². The van der Waals surface area contributed by atoms with Crippen molar-refractivity contribution < 1.29 is 4.92 Å². The van der Waals surface area contributed by atoms with Gasteiger partial charge in [-0.15, -0.1) is 0 Å². The summed E-state index contributed by atoms with van der Waals surface area (Å²) in [6.07, 6.45) is 0. The molecule has 0 unspecified atom stereocenters. The lowest BCUT2D eigenvalue weighted by Gasteiger charge is -1.99. The van der Waals surface area contributed by atoms with Gasteiger partial charge in [0.05, 0.1) is 16.2 Å². The second kappa shape index (κ2) is 3.66. The van der Waals surface area contributed by atoms with Gasteiger partial charge in [-0.25, -0.2) is 0 Å². The van der Waals surface area contributed by atoms with E-state index in [2.05, 4.69) is 5.10 Å². The van der Waals surface area contributed by atoms with Gasteiger partial charge in [0, 0.05) is 6.07 Å². The van der Waals surface area contributed by atoms with Crippen LogP contribution in [0.3, 0.4) is 0 Å². The van der Waals surface area contributed by atoms with Crippen molar-refractivity contribution in [3.05, 3.63) is 39.9 Å². The van der Waals surface area contributed by atoms with E-state index in [0.29, 0.717) is 11.3 Å². The first-order chi connectivity index (χ1) is 6.16. The van der Waals surface area contributed by atoms with Gasteiger partial charge >= 0.3 is 0 Å². The largest absolute Gasteiger partial charge is 0.323 e. The summed E-state index contributed by atoms with van der Waals surface area (Å²) in [5.74, 6) is 5.04. The van der Waals surface area contributed by atoms with Crippen LogP contribution in [0.15, 0.2) is 29.4 Å². The fourth-order valence-electron chi connectivity index (χ4n) is 1.01. The van der Waals surface area contributed by atoms with E-state index >= 15 is 0 Å². The van der Waals surface area contributed by atoms with Crippen molar-refractivity contribution in [3.63, 3.8) is 0 Å². The number of hydrogen-bond acceptors (Lipinski definition) is 4. The van der Waals surface area contributed by atoms with Crippen LogP contribution in [0.5, 0.6) is 0 Å². The topological polar surface area (TPSA) is 81.5 Å². The van der Waals surface area contributed by atoms with Crippen molar-refractivity contribution >= 4 is 11.4 Å². The predicted octanol–water partition coefficient (Wildman–Crippen LogP) is 1.28. The Labute approximate surface area is 75.0 Å². The zero-order valence-corrected chi connectivity index (χ0v) is 7.10. The van der Waals surface area contributed by atoms with Gasteiger partial charge in [-0.2, -0.15) is 5.10 Å². The summed E-state index contributed by atoms with van der Waals surface area (Å²) in [6, 6.07) is 6.34. The lowest BCUT2D eigenvalue weighted by molar-refractivity contribution is -0.385. The van der Waals surface area contributed by atoms with E-state index in [1.165, 1.54) is 6.07 Å². The highest BCUT2D eigenvalue weighted by molar-refractivity contribution is 6.01. The lowest BCUT2D eigenvalue weighted by atomic mass is 10.1. The molecule has 1 aromatic carbocycles. The summed E-state index contributed by atoms with van der Waals surface area (Å²) >= 11 is 0. The Morgan fingerprint density at radius 3 is 2.69 bits per heavy atom. The smallest absolute Gasteiger partial charge is 0.278 e. The predicted molar refractivity (Wildman–Crippen MR) is 49.5 cm³/mol. The highest BCUT2D eigenvalue weighted by Crippen LogP contribution is 2.17. The maximum Gasteiger partial charge on any atom is 0.278 e. The van der Waals surface area contributed by atoms with E-state index in [0.717, 1.165) is 0 Å². The third-order valence-corrected chi connectivity index (χ3v) is 1.68. The number of nitrogens with two attached hydrogens (primary N) is 1. The van der Waals surface area contributed by atoms with Crippen molar-refractivity contribution in [1.29, 1.82) is 0 Å². The maximum atomic E-state index is 10.6. The van der Waals surface area contributed by atoms with E-state index in [1.807, 2.05) is 0 Å². The highest BCUT2D eigenvalue weighted by Gasteiger charge is 2.13. The van der Waals surface area contributed by atoms with Crippen molar-refractivity contribution in [2.45, 2.75) is 6.92 Å². The molecule has 1 aromatic rings. The molecule has 0 saturated carbocycles. The van der Waals surface area contributed by atoms with Gasteiger partial charge in [-0.1, -0.05) is 12.1 Å². The molecule has 0 aromatic heterocycles. The maximum absolute atomic E-state index is 10.6. The standard InChI is InChI=1S/C8H9N3O2/c1-6(10-9)7-4-2-3-5-8(7)11(12)13/h2-5H,9H2,1H3. The number of benzene rings is 1. The number of nitro groups is 1. The third kappa shape index (κ3) is 1.81. The molecular formula is C8H9N3O2. The minimum Gasteiger partial charge on any atom is -0.323 e. The molecule has 13 heavy (non-hydrogen) atoms. The van der Waals surface area contributed by atoms with E-state index in [9.17, 15) is 10.1 Å². The molecule has 0 atom stereocenters. The molecule has 68 valence electrons. The van der Waals surface area contributed by atoms with Gasteiger partial charge in [0.2, 0.25) is 0 Å². The molecule has 0 heterocycles. The Morgan fingerprint density at radius 1 is 1.54 bits per heavy atom. The zero-order valence-electron chi connectivity index (χ0n) is 7.10. The number of para-hydroxylation sites is 1. The Hall–Kier alpha value is -1.91.